The Hall–Kier alpha value is -2.66. The first-order valence-corrected chi connectivity index (χ1v) is 14.8. The second-order valence-corrected chi connectivity index (χ2v) is 12.3. The Kier molecular flexibility index (Phi) is 12.7. The van der Waals surface area contributed by atoms with Crippen molar-refractivity contribution >= 4 is 30.5 Å². The number of terminal acetylenes is 1. The molecule has 8 heteroatoms. The van der Waals surface area contributed by atoms with E-state index in [0.29, 0.717) is 23.5 Å². The molecule has 39 heavy (non-hydrogen) atoms. The molecule has 216 valence electrons. The Morgan fingerprint density at radius 1 is 1.08 bits per heavy atom. The SMILES string of the molecule is C#Cc1ccc(C(C(=O)NC2CCCCC2)N(C(=O)C(CS)NC(=O)OC(C)(C)C)C(C)CCC(C)C)cc1. The second-order valence-electron chi connectivity index (χ2n) is 12.0. The highest BCUT2D eigenvalue weighted by Gasteiger charge is 2.39. The maximum atomic E-state index is 14.2. The molecule has 7 nitrogen and oxygen atoms in total. The third-order valence-corrected chi connectivity index (χ3v) is 7.30. The highest BCUT2D eigenvalue weighted by Crippen LogP contribution is 2.29. The number of ether oxygens (including phenoxy) is 1. The standard InChI is InChI=1S/C31H47N3O4S/c1-8-23-16-18-24(19-17-23)27(28(35)32-25-12-10-9-11-13-25)34(22(4)15-14-21(2)3)29(36)26(20-39)33-30(37)38-31(5,6)7/h1,16-19,21-22,25-27,39H,9-15,20H2,2-7H3,(H,32,35)(H,33,37). The van der Waals surface area contributed by atoms with Gasteiger partial charge in [0.2, 0.25) is 11.8 Å². The minimum absolute atomic E-state index is 0.0540. The molecule has 1 aromatic carbocycles. The average molecular weight is 558 g/mol. The number of thiol groups is 1. The monoisotopic (exact) mass is 557 g/mol. The summed E-state index contributed by atoms with van der Waals surface area (Å²) in [6.07, 6.45) is 11.6. The molecule has 0 aromatic heterocycles. The summed E-state index contributed by atoms with van der Waals surface area (Å²) in [7, 11) is 0. The van der Waals surface area contributed by atoms with Crippen molar-refractivity contribution in [3.63, 3.8) is 0 Å². The van der Waals surface area contributed by atoms with Crippen molar-refractivity contribution in [1.82, 2.24) is 15.5 Å². The van der Waals surface area contributed by atoms with E-state index in [9.17, 15) is 14.4 Å². The van der Waals surface area contributed by atoms with E-state index in [-0.39, 0.29) is 29.7 Å². The highest BCUT2D eigenvalue weighted by atomic mass is 32.1. The number of hydrogen-bond acceptors (Lipinski definition) is 5. The van der Waals surface area contributed by atoms with Gasteiger partial charge in [0.05, 0.1) is 0 Å². The second kappa shape index (κ2) is 15.2. The summed E-state index contributed by atoms with van der Waals surface area (Å²) >= 11 is 4.39. The van der Waals surface area contributed by atoms with E-state index in [1.807, 2.05) is 19.1 Å². The number of hydrogen-bond donors (Lipinski definition) is 3. The zero-order valence-corrected chi connectivity index (χ0v) is 25.4. The smallest absolute Gasteiger partial charge is 0.408 e. The molecule has 3 amide bonds. The van der Waals surface area contributed by atoms with Crippen molar-refractivity contribution in [2.45, 2.75) is 116 Å². The molecule has 0 bridgehead atoms. The molecule has 0 radical (unpaired) electrons. The van der Waals surface area contributed by atoms with Gasteiger partial charge in [-0.3, -0.25) is 9.59 Å². The number of nitrogens with zero attached hydrogens (tertiary/aromatic N) is 1. The molecule has 0 saturated heterocycles. The first-order chi connectivity index (χ1) is 18.4. The van der Waals surface area contributed by atoms with Gasteiger partial charge in [-0.25, -0.2) is 4.79 Å². The van der Waals surface area contributed by atoms with E-state index in [1.165, 1.54) is 6.42 Å². The van der Waals surface area contributed by atoms with Gasteiger partial charge in [-0.05, 0) is 77.0 Å². The summed E-state index contributed by atoms with van der Waals surface area (Å²) in [5.41, 5.74) is 0.637. The van der Waals surface area contributed by atoms with E-state index in [4.69, 9.17) is 11.2 Å². The normalized spacial score (nSPS) is 16.5. The molecule has 2 N–H and O–H groups in total. The molecule has 1 saturated carbocycles. The van der Waals surface area contributed by atoms with Gasteiger partial charge in [0.15, 0.2) is 0 Å². The molecule has 0 spiro atoms. The van der Waals surface area contributed by atoms with Gasteiger partial charge in [0.25, 0.3) is 0 Å². The van der Waals surface area contributed by atoms with Crippen molar-refractivity contribution in [2.24, 2.45) is 5.92 Å². The topological polar surface area (TPSA) is 87.7 Å². The molecule has 1 aromatic rings. The summed E-state index contributed by atoms with van der Waals surface area (Å²) in [5.74, 6) is 2.49. The third kappa shape index (κ3) is 10.4. The number of amides is 3. The van der Waals surface area contributed by atoms with Crippen LogP contribution in [0, 0.1) is 18.3 Å². The van der Waals surface area contributed by atoms with Crippen LogP contribution in [0.5, 0.6) is 0 Å². The van der Waals surface area contributed by atoms with Crippen LogP contribution in [0.25, 0.3) is 0 Å². The van der Waals surface area contributed by atoms with Crippen LogP contribution >= 0.6 is 12.6 Å². The Bertz CT molecular complexity index is 991. The summed E-state index contributed by atoms with van der Waals surface area (Å²) in [6.45, 7) is 11.5. The largest absolute Gasteiger partial charge is 0.444 e. The predicted molar refractivity (Wildman–Crippen MR) is 160 cm³/mol. The van der Waals surface area contributed by atoms with Crippen molar-refractivity contribution in [1.29, 1.82) is 0 Å². The fourth-order valence-corrected chi connectivity index (χ4v) is 5.10. The van der Waals surface area contributed by atoms with Gasteiger partial charge in [-0.1, -0.05) is 51.2 Å². The predicted octanol–water partition coefficient (Wildman–Crippen LogP) is 5.63. The summed E-state index contributed by atoms with van der Waals surface area (Å²) in [4.78, 5) is 42.4. The Balaban J connectivity index is 2.50. The van der Waals surface area contributed by atoms with E-state index in [1.54, 1.807) is 37.8 Å². The maximum Gasteiger partial charge on any atom is 0.408 e. The summed E-state index contributed by atoms with van der Waals surface area (Å²) < 4.78 is 5.41. The van der Waals surface area contributed by atoms with Gasteiger partial charge in [0, 0.05) is 23.4 Å². The molecular formula is C31H47N3O4S. The number of rotatable bonds is 11. The Morgan fingerprint density at radius 2 is 1.69 bits per heavy atom. The van der Waals surface area contributed by atoms with Crippen molar-refractivity contribution in [3.8, 4) is 12.3 Å². The molecule has 3 unspecified atom stereocenters. The van der Waals surface area contributed by atoms with Crippen LogP contribution in [0.4, 0.5) is 4.79 Å². The van der Waals surface area contributed by atoms with E-state index < -0.39 is 23.8 Å². The van der Waals surface area contributed by atoms with Gasteiger partial charge in [-0.2, -0.15) is 12.6 Å². The first-order valence-electron chi connectivity index (χ1n) is 14.2. The lowest BCUT2D eigenvalue weighted by atomic mass is 9.93. The number of carbonyl (C=O) groups is 3. The molecule has 0 heterocycles. The van der Waals surface area contributed by atoms with Crippen LogP contribution in [0.15, 0.2) is 24.3 Å². The minimum Gasteiger partial charge on any atom is -0.444 e. The molecule has 1 aliphatic carbocycles. The van der Waals surface area contributed by atoms with Gasteiger partial charge in [-0.15, -0.1) is 6.42 Å². The number of carbonyl (C=O) groups excluding carboxylic acids is 3. The fraction of sp³-hybridized carbons (Fsp3) is 0.645. The number of nitrogens with one attached hydrogen (secondary N) is 2. The maximum absolute atomic E-state index is 14.2. The van der Waals surface area contributed by atoms with Gasteiger partial charge in [0.1, 0.15) is 17.7 Å². The zero-order chi connectivity index (χ0) is 29.2. The number of benzene rings is 1. The third-order valence-electron chi connectivity index (χ3n) is 6.93. The van der Waals surface area contributed by atoms with Crippen molar-refractivity contribution in [3.05, 3.63) is 35.4 Å². The lowest BCUT2D eigenvalue weighted by molar-refractivity contribution is -0.145. The lowest BCUT2D eigenvalue weighted by Crippen LogP contribution is -2.57. The zero-order valence-electron chi connectivity index (χ0n) is 24.5. The average Bonchev–Trinajstić information content (AvgIpc) is 2.88. The van der Waals surface area contributed by atoms with Crippen LogP contribution < -0.4 is 10.6 Å². The highest BCUT2D eigenvalue weighted by molar-refractivity contribution is 7.80. The van der Waals surface area contributed by atoms with E-state index >= 15 is 0 Å². The summed E-state index contributed by atoms with van der Waals surface area (Å²) in [5, 5.41) is 5.91. The molecule has 2 rings (SSSR count). The molecule has 3 atom stereocenters. The first kappa shape index (κ1) is 32.6. The van der Waals surface area contributed by atoms with Gasteiger partial charge < -0.3 is 20.3 Å². The molecular weight excluding hydrogens is 510 g/mol. The Labute approximate surface area is 240 Å². The molecule has 0 aliphatic heterocycles. The van der Waals surface area contributed by atoms with E-state index in [2.05, 4.69) is 43.0 Å². The van der Waals surface area contributed by atoms with Crippen molar-refractivity contribution < 1.29 is 19.1 Å². The van der Waals surface area contributed by atoms with Gasteiger partial charge >= 0.3 is 6.09 Å². The quantitative estimate of drug-likeness (QED) is 0.243. The van der Waals surface area contributed by atoms with Crippen LogP contribution in [-0.2, 0) is 14.3 Å². The number of alkyl carbamates (subject to hydrolysis) is 1. The van der Waals surface area contributed by atoms with Crippen LogP contribution in [0.2, 0.25) is 0 Å². The summed E-state index contributed by atoms with van der Waals surface area (Å²) in [6, 6.07) is 5.12. The van der Waals surface area contributed by atoms with Crippen LogP contribution in [-0.4, -0.2) is 52.3 Å². The van der Waals surface area contributed by atoms with E-state index in [0.717, 1.165) is 32.1 Å². The van der Waals surface area contributed by atoms with Crippen LogP contribution in [0.1, 0.15) is 104 Å². The molecule has 1 fully saturated rings. The Morgan fingerprint density at radius 3 is 2.21 bits per heavy atom. The molecule has 1 aliphatic rings. The van der Waals surface area contributed by atoms with Crippen molar-refractivity contribution in [2.75, 3.05) is 5.75 Å². The minimum atomic E-state index is -0.973. The lowest BCUT2D eigenvalue weighted by Gasteiger charge is -2.39. The fourth-order valence-electron chi connectivity index (χ4n) is 4.85. The van der Waals surface area contributed by atoms with Crippen LogP contribution in [0.3, 0.4) is 0 Å².